The summed E-state index contributed by atoms with van der Waals surface area (Å²) < 4.78 is 30.0. The summed E-state index contributed by atoms with van der Waals surface area (Å²) in [5.74, 6) is 0.643. The van der Waals surface area contributed by atoms with Crippen molar-refractivity contribution in [3.05, 3.63) is 64.7 Å². The third kappa shape index (κ3) is 3.51. The molecule has 2 aromatic rings. The Labute approximate surface area is 141 Å². The van der Waals surface area contributed by atoms with Crippen molar-refractivity contribution in [2.75, 3.05) is 4.72 Å². The molecule has 0 aromatic heterocycles. The first-order chi connectivity index (χ1) is 10.8. The molecule has 2 aromatic carbocycles. The molecule has 1 aliphatic heterocycles. The number of benzene rings is 2. The highest BCUT2D eigenvalue weighted by Gasteiger charge is 2.27. The smallest absolute Gasteiger partial charge is 0.222 e. The minimum atomic E-state index is -2.71. The van der Waals surface area contributed by atoms with Gasteiger partial charge < -0.3 is 4.74 Å². The van der Waals surface area contributed by atoms with Crippen LogP contribution in [0.4, 0.5) is 5.69 Å². The van der Waals surface area contributed by atoms with Crippen LogP contribution in [0.5, 0.6) is 5.75 Å². The summed E-state index contributed by atoms with van der Waals surface area (Å²) in [6.07, 6.45) is 2.06. The number of rotatable bonds is 3. The van der Waals surface area contributed by atoms with E-state index in [-0.39, 0.29) is 0 Å². The second kappa shape index (κ2) is 5.91. The van der Waals surface area contributed by atoms with Gasteiger partial charge in [-0.15, -0.1) is 0 Å². The van der Waals surface area contributed by atoms with Crippen LogP contribution >= 0.6 is 11.6 Å². The first-order valence-corrected chi connectivity index (χ1v) is 8.63. The van der Waals surface area contributed by atoms with E-state index in [1.807, 2.05) is 44.2 Å². The highest BCUT2D eigenvalue weighted by atomic mass is 35.5. The fourth-order valence-electron chi connectivity index (χ4n) is 2.61. The van der Waals surface area contributed by atoms with Gasteiger partial charge >= 0.3 is 0 Å². The lowest BCUT2D eigenvalue weighted by Gasteiger charge is -2.31. The Hall–Kier alpha value is -1.98. The van der Waals surface area contributed by atoms with E-state index in [0.29, 0.717) is 16.5 Å². The van der Waals surface area contributed by atoms with Gasteiger partial charge in [0, 0.05) is 16.7 Å². The van der Waals surface area contributed by atoms with Crippen LogP contribution in [0.3, 0.4) is 0 Å². The van der Waals surface area contributed by atoms with Crippen molar-refractivity contribution in [3.63, 3.8) is 0 Å². The summed E-state index contributed by atoms with van der Waals surface area (Å²) in [6.45, 7) is 3.92. The maximum atomic E-state index is 10.8. The number of anilines is 1. The molecular weight excluding hydrogens is 334 g/mol. The van der Waals surface area contributed by atoms with Gasteiger partial charge in [-0.25, -0.2) is 8.42 Å². The standard InChI is InChI=1S/C17H16ClNO3S/c1-17(2)10-15(11-3-5-12(18)6-4-11)14-8-7-13(19-23(20)21)9-16(14)22-17/h3-10,23H,1-2H3,(H,19,20,21). The van der Waals surface area contributed by atoms with Crippen molar-refractivity contribution in [1.82, 2.24) is 0 Å². The van der Waals surface area contributed by atoms with Gasteiger partial charge in [0.1, 0.15) is 11.4 Å². The fourth-order valence-corrected chi connectivity index (χ4v) is 3.09. The van der Waals surface area contributed by atoms with E-state index >= 15 is 0 Å². The number of hydrogen-bond acceptors (Lipinski definition) is 3. The van der Waals surface area contributed by atoms with Crippen molar-refractivity contribution < 1.29 is 13.2 Å². The SMILES string of the molecule is CC1(C)C=C(c2ccc(Cl)cc2)c2ccc(N[SH](=O)=O)cc2O1. The summed E-state index contributed by atoms with van der Waals surface area (Å²) in [6, 6.07) is 12.9. The molecule has 0 bridgehead atoms. The molecule has 4 nitrogen and oxygen atoms in total. The molecule has 6 heteroatoms. The Morgan fingerprint density at radius 3 is 2.43 bits per heavy atom. The van der Waals surface area contributed by atoms with Gasteiger partial charge in [-0.1, -0.05) is 23.7 Å². The lowest BCUT2D eigenvalue weighted by Crippen LogP contribution is -2.29. The maximum Gasteiger partial charge on any atom is 0.222 e. The Morgan fingerprint density at radius 2 is 1.78 bits per heavy atom. The number of hydrogen-bond donors (Lipinski definition) is 2. The summed E-state index contributed by atoms with van der Waals surface area (Å²) in [4.78, 5) is 0. The van der Waals surface area contributed by atoms with Crippen LogP contribution in [0.15, 0.2) is 48.5 Å². The van der Waals surface area contributed by atoms with Gasteiger partial charge in [0.15, 0.2) is 0 Å². The van der Waals surface area contributed by atoms with E-state index in [4.69, 9.17) is 16.3 Å². The molecule has 1 aliphatic rings. The number of ether oxygens (including phenoxy) is 1. The van der Waals surface area contributed by atoms with Crippen LogP contribution in [0.1, 0.15) is 25.0 Å². The molecular formula is C17H16ClNO3S. The van der Waals surface area contributed by atoms with Crippen LogP contribution in [-0.2, 0) is 10.9 Å². The average molecular weight is 350 g/mol. The highest BCUT2D eigenvalue weighted by Crippen LogP contribution is 2.40. The van der Waals surface area contributed by atoms with E-state index < -0.39 is 16.5 Å². The number of fused-ring (bicyclic) bond motifs is 1. The zero-order chi connectivity index (χ0) is 16.6. The normalized spacial score (nSPS) is 15.6. The van der Waals surface area contributed by atoms with Crippen molar-refractivity contribution in [3.8, 4) is 5.75 Å². The van der Waals surface area contributed by atoms with E-state index in [9.17, 15) is 8.42 Å². The Balaban J connectivity index is 2.10. The molecule has 0 saturated heterocycles. The molecule has 1 heterocycles. The van der Waals surface area contributed by atoms with E-state index in [1.54, 1.807) is 12.1 Å². The van der Waals surface area contributed by atoms with Crippen LogP contribution in [0.2, 0.25) is 5.02 Å². The van der Waals surface area contributed by atoms with E-state index in [2.05, 4.69) is 10.8 Å². The van der Waals surface area contributed by atoms with Gasteiger partial charge in [0.05, 0.1) is 5.69 Å². The minimum absolute atomic E-state index is 0.480. The largest absolute Gasteiger partial charge is 0.483 e. The first-order valence-electron chi connectivity index (χ1n) is 7.07. The molecule has 3 rings (SSSR count). The molecule has 120 valence electrons. The lowest BCUT2D eigenvalue weighted by molar-refractivity contribution is 0.158. The predicted molar refractivity (Wildman–Crippen MR) is 93.6 cm³/mol. The maximum absolute atomic E-state index is 10.8. The molecule has 0 aliphatic carbocycles. The van der Waals surface area contributed by atoms with Gasteiger partial charge in [0.2, 0.25) is 10.9 Å². The van der Waals surface area contributed by atoms with Gasteiger partial charge in [-0.2, -0.15) is 0 Å². The number of nitrogens with one attached hydrogen (secondary N) is 1. The van der Waals surface area contributed by atoms with E-state index in [0.717, 1.165) is 16.7 Å². The van der Waals surface area contributed by atoms with Crippen molar-refractivity contribution in [1.29, 1.82) is 0 Å². The third-order valence-corrected chi connectivity index (χ3v) is 4.21. The van der Waals surface area contributed by atoms with Gasteiger partial charge in [0.25, 0.3) is 0 Å². The molecule has 0 saturated carbocycles. The molecule has 0 spiro atoms. The number of thiol groups is 1. The zero-order valence-electron chi connectivity index (χ0n) is 12.7. The second-order valence-corrected chi connectivity index (χ2v) is 7.02. The monoisotopic (exact) mass is 349 g/mol. The van der Waals surface area contributed by atoms with Gasteiger partial charge in [-0.05, 0) is 55.3 Å². The molecule has 1 N–H and O–H groups in total. The summed E-state index contributed by atoms with van der Waals surface area (Å²) in [5.41, 5.74) is 2.96. The molecule has 0 unspecified atom stereocenters. The molecule has 0 atom stereocenters. The van der Waals surface area contributed by atoms with Crippen LogP contribution in [0, 0.1) is 0 Å². The summed E-state index contributed by atoms with van der Waals surface area (Å²) in [5, 5.41) is 0.680. The first kappa shape index (κ1) is 15.9. The third-order valence-electron chi connectivity index (χ3n) is 3.51. The lowest BCUT2D eigenvalue weighted by atomic mass is 9.90. The van der Waals surface area contributed by atoms with Gasteiger partial charge in [-0.3, -0.25) is 4.72 Å². The van der Waals surface area contributed by atoms with Crippen LogP contribution < -0.4 is 9.46 Å². The Morgan fingerprint density at radius 1 is 1.09 bits per heavy atom. The Bertz CT molecular complexity index is 847. The Kier molecular flexibility index (Phi) is 4.08. The minimum Gasteiger partial charge on any atom is -0.483 e. The quantitative estimate of drug-likeness (QED) is 0.827. The topological polar surface area (TPSA) is 55.4 Å². The predicted octanol–water partition coefficient (Wildman–Crippen LogP) is 3.88. The van der Waals surface area contributed by atoms with Crippen LogP contribution in [0.25, 0.3) is 5.57 Å². The number of halogens is 1. The summed E-state index contributed by atoms with van der Waals surface area (Å²) in [7, 11) is -2.71. The molecule has 0 amide bonds. The highest BCUT2D eigenvalue weighted by molar-refractivity contribution is 7.73. The molecule has 0 radical (unpaired) electrons. The van der Waals surface area contributed by atoms with E-state index in [1.165, 1.54) is 0 Å². The fraction of sp³-hybridized carbons (Fsp3) is 0.176. The van der Waals surface area contributed by atoms with Crippen LogP contribution in [-0.4, -0.2) is 14.0 Å². The zero-order valence-corrected chi connectivity index (χ0v) is 14.3. The van der Waals surface area contributed by atoms with Crippen molar-refractivity contribution in [2.45, 2.75) is 19.4 Å². The molecule has 0 fully saturated rings. The van der Waals surface area contributed by atoms with Crippen molar-refractivity contribution in [2.24, 2.45) is 0 Å². The second-order valence-electron chi connectivity index (χ2n) is 5.85. The molecule has 23 heavy (non-hydrogen) atoms. The summed E-state index contributed by atoms with van der Waals surface area (Å²) >= 11 is 5.97. The average Bonchev–Trinajstić information content (AvgIpc) is 2.45. The van der Waals surface area contributed by atoms with Crippen molar-refractivity contribution >= 4 is 33.8 Å².